The minimum Gasteiger partial charge on any atom is -0.352 e. The molecule has 2 aromatic rings. The van der Waals surface area contributed by atoms with Crippen LogP contribution in [-0.4, -0.2) is 16.5 Å². The molecule has 1 aromatic heterocycles. The fourth-order valence-electron chi connectivity index (χ4n) is 2.52. The molecule has 3 N–H and O–H groups in total. The molecule has 0 aliphatic carbocycles. The van der Waals surface area contributed by atoms with Gasteiger partial charge >= 0.3 is 6.18 Å². The van der Waals surface area contributed by atoms with E-state index in [2.05, 4.69) is 20.6 Å². The van der Waals surface area contributed by atoms with E-state index < -0.39 is 17.6 Å². The Bertz CT molecular complexity index is 816. The van der Waals surface area contributed by atoms with E-state index in [1.54, 1.807) is 0 Å². The van der Waals surface area contributed by atoms with Crippen LogP contribution in [0.2, 0.25) is 0 Å². The molecule has 0 saturated carbocycles. The van der Waals surface area contributed by atoms with Crippen molar-refractivity contribution < 1.29 is 17.6 Å². The average molecular weight is 342 g/mol. The summed E-state index contributed by atoms with van der Waals surface area (Å²) in [5.41, 5.74) is -0.227. The van der Waals surface area contributed by atoms with Gasteiger partial charge < -0.3 is 10.6 Å². The first-order valence-corrected chi connectivity index (χ1v) is 7.27. The first-order valence-electron chi connectivity index (χ1n) is 7.27. The number of nitrogens with zero attached hydrogens (tertiary/aromatic N) is 1. The molecule has 3 rings (SSSR count). The molecule has 24 heavy (non-hydrogen) atoms. The summed E-state index contributed by atoms with van der Waals surface area (Å²) in [5, 5.41) is 5.74. The van der Waals surface area contributed by atoms with Gasteiger partial charge in [-0.1, -0.05) is 0 Å². The summed E-state index contributed by atoms with van der Waals surface area (Å²) < 4.78 is 51.8. The lowest BCUT2D eigenvalue weighted by molar-refractivity contribution is -0.137. The van der Waals surface area contributed by atoms with Gasteiger partial charge in [0.05, 0.1) is 11.3 Å². The van der Waals surface area contributed by atoms with Gasteiger partial charge in [-0.15, -0.1) is 0 Å². The maximum absolute atomic E-state index is 13.7. The predicted molar refractivity (Wildman–Crippen MR) is 79.0 cm³/mol. The lowest BCUT2D eigenvalue weighted by Gasteiger charge is -2.16. The van der Waals surface area contributed by atoms with Gasteiger partial charge in [-0.2, -0.15) is 13.2 Å². The average Bonchev–Trinajstić information content (AvgIpc) is 2.53. The number of aromatic nitrogens is 2. The first-order chi connectivity index (χ1) is 11.3. The van der Waals surface area contributed by atoms with Crippen LogP contribution in [0.4, 0.5) is 23.5 Å². The van der Waals surface area contributed by atoms with Crippen molar-refractivity contribution in [3.05, 3.63) is 56.8 Å². The quantitative estimate of drug-likeness (QED) is 0.748. The molecule has 0 saturated heterocycles. The zero-order valence-corrected chi connectivity index (χ0v) is 12.4. The maximum atomic E-state index is 13.7. The van der Waals surface area contributed by atoms with Gasteiger partial charge in [-0.3, -0.25) is 9.78 Å². The Labute approximate surface area is 134 Å². The third-order valence-corrected chi connectivity index (χ3v) is 3.76. The predicted octanol–water partition coefficient (Wildman–Crippen LogP) is 2.19. The molecule has 1 aromatic carbocycles. The Morgan fingerprint density at radius 1 is 1.29 bits per heavy atom. The van der Waals surface area contributed by atoms with Crippen LogP contribution < -0.4 is 16.2 Å². The van der Waals surface area contributed by atoms with Gasteiger partial charge in [0.1, 0.15) is 5.82 Å². The molecule has 0 spiro atoms. The summed E-state index contributed by atoms with van der Waals surface area (Å²) in [4.78, 5) is 18.7. The summed E-state index contributed by atoms with van der Waals surface area (Å²) in [6, 6.07) is 2.19. The smallest absolute Gasteiger partial charge is 0.352 e. The molecule has 2 heterocycles. The third-order valence-electron chi connectivity index (χ3n) is 3.76. The lowest BCUT2D eigenvalue weighted by Crippen LogP contribution is -2.31. The molecular weight excluding hydrogens is 328 g/mol. The van der Waals surface area contributed by atoms with E-state index >= 15 is 0 Å². The molecule has 0 unspecified atom stereocenters. The molecule has 0 fully saturated rings. The Balaban J connectivity index is 1.81. The molecule has 1 aliphatic heterocycles. The van der Waals surface area contributed by atoms with Crippen molar-refractivity contribution in [2.45, 2.75) is 25.7 Å². The SMILES string of the molecule is O=c1[nH]c(NCc2cc(C(F)(F)F)ccc2F)nc2c1CCNC2. The maximum Gasteiger partial charge on any atom is 0.416 e. The van der Waals surface area contributed by atoms with Crippen molar-refractivity contribution in [3.8, 4) is 0 Å². The number of fused-ring (bicyclic) bond motifs is 1. The number of halogens is 4. The molecule has 0 atom stereocenters. The van der Waals surface area contributed by atoms with Crippen molar-refractivity contribution in [3.63, 3.8) is 0 Å². The van der Waals surface area contributed by atoms with E-state index in [9.17, 15) is 22.4 Å². The van der Waals surface area contributed by atoms with E-state index in [0.29, 0.717) is 36.8 Å². The van der Waals surface area contributed by atoms with Gasteiger partial charge in [0.2, 0.25) is 5.95 Å². The van der Waals surface area contributed by atoms with E-state index in [4.69, 9.17) is 0 Å². The number of hydrogen-bond donors (Lipinski definition) is 3. The number of rotatable bonds is 3. The van der Waals surface area contributed by atoms with Crippen LogP contribution >= 0.6 is 0 Å². The van der Waals surface area contributed by atoms with Gasteiger partial charge in [-0.25, -0.2) is 9.37 Å². The summed E-state index contributed by atoms with van der Waals surface area (Å²) in [7, 11) is 0. The highest BCUT2D eigenvalue weighted by molar-refractivity contribution is 5.34. The second-order valence-electron chi connectivity index (χ2n) is 5.42. The van der Waals surface area contributed by atoms with Gasteiger partial charge in [0, 0.05) is 24.2 Å². The number of hydrogen-bond acceptors (Lipinski definition) is 4. The summed E-state index contributed by atoms with van der Waals surface area (Å²) in [5.74, 6) is -0.670. The minimum absolute atomic E-state index is 0.0965. The lowest BCUT2D eigenvalue weighted by atomic mass is 10.1. The Kier molecular flexibility index (Phi) is 4.27. The largest absolute Gasteiger partial charge is 0.416 e. The number of anilines is 1. The van der Waals surface area contributed by atoms with Crippen molar-refractivity contribution >= 4 is 5.95 Å². The van der Waals surface area contributed by atoms with Crippen LogP contribution in [0.3, 0.4) is 0 Å². The van der Waals surface area contributed by atoms with Crippen LogP contribution in [0.15, 0.2) is 23.0 Å². The van der Waals surface area contributed by atoms with E-state index in [0.717, 1.165) is 12.1 Å². The molecule has 5 nitrogen and oxygen atoms in total. The second kappa shape index (κ2) is 6.23. The molecule has 0 amide bonds. The van der Waals surface area contributed by atoms with Crippen molar-refractivity contribution in [2.75, 3.05) is 11.9 Å². The Hall–Kier alpha value is -2.42. The third kappa shape index (κ3) is 3.40. The fourth-order valence-corrected chi connectivity index (χ4v) is 2.52. The Morgan fingerprint density at radius 3 is 2.83 bits per heavy atom. The van der Waals surface area contributed by atoms with Crippen molar-refractivity contribution in [1.82, 2.24) is 15.3 Å². The fraction of sp³-hybridized carbons (Fsp3) is 0.333. The van der Waals surface area contributed by atoms with Crippen LogP contribution in [-0.2, 0) is 25.7 Å². The van der Waals surface area contributed by atoms with Crippen molar-refractivity contribution in [2.24, 2.45) is 0 Å². The second-order valence-corrected chi connectivity index (χ2v) is 5.42. The van der Waals surface area contributed by atoms with Crippen LogP contribution in [0, 0.1) is 5.82 Å². The number of benzene rings is 1. The van der Waals surface area contributed by atoms with E-state index in [1.807, 2.05) is 0 Å². The first kappa shape index (κ1) is 16.4. The highest BCUT2D eigenvalue weighted by atomic mass is 19.4. The zero-order chi connectivity index (χ0) is 17.3. The number of H-pyrrole nitrogens is 1. The topological polar surface area (TPSA) is 69.8 Å². The molecule has 0 radical (unpaired) electrons. The molecular formula is C15H14F4N4O. The highest BCUT2D eigenvalue weighted by Crippen LogP contribution is 2.30. The van der Waals surface area contributed by atoms with E-state index in [1.165, 1.54) is 0 Å². The van der Waals surface area contributed by atoms with E-state index in [-0.39, 0.29) is 23.6 Å². The van der Waals surface area contributed by atoms with Gasteiger partial charge in [-0.05, 0) is 31.2 Å². The summed E-state index contributed by atoms with van der Waals surface area (Å²) in [6.07, 6.45) is -3.99. The van der Waals surface area contributed by atoms with Crippen LogP contribution in [0.25, 0.3) is 0 Å². The molecule has 0 bridgehead atoms. The van der Waals surface area contributed by atoms with Gasteiger partial charge in [0.15, 0.2) is 0 Å². The minimum atomic E-state index is -4.55. The zero-order valence-electron chi connectivity index (χ0n) is 12.4. The number of alkyl halides is 3. The standard InChI is InChI=1S/C15H14F4N4O/c16-11-2-1-9(15(17,18)19)5-8(11)6-21-14-22-12-7-20-4-3-10(12)13(24)23-14/h1-2,5,20H,3-4,6-7H2,(H2,21,22,23,24). The monoisotopic (exact) mass is 342 g/mol. The molecule has 9 heteroatoms. The van der Waals surface area contributed by atoms with Crippen LogP contribution in [0.1, 0.15) is 22.4 Å². The number of aromatic amines is 1. The van der Waals surface area contributed by atoms with Crippen LogP contribution in [0.5, 0.6) is 0 Å². The summed E-state index contributed by atoms with van der Waals surface area (Å²) in [6.45, 7) is 0.886. The number of nitrogens with one attached hydrogen (secondary N) is 3. The normalized spacial score (nSPS) is 14.3. The molecule has 1 aliphatic rings. The van der Waals surface area contributed by atoms with Gasteiger partial charge in [0.25, 0.3) is 5.56 Å². The van der Waals surface area contributed by atoms with Crippen molar-refractivity contribution in [1.29, 1.82) is 0 Å². The highest BCUT2D eigenvalue weighted by Gasteiger charge is 2.31. The Morgan fingerprint density at radius 2 is 2.08 bits per heavy atom. The summed E-state index contributed by atoms with van der Waals surface area (Å²) >= 11 is 0. The molecule has 128 valence electrons.